The Labute approximate surface area is 163 Å². The lowest BCUT2D eigenvalue weighted by molar-refractivity contribution is -0.137. The Balaban J connectivity index is 1.55. The van der Waals surface area contributed by atoms with Gasteiger partial charge in [0.25, 0.3) is 0 Å². The van der Waals surface area contributed by atoms with E-state index >= 15 is 0 Å². The summed E-state index contributed by atoms with van der Waals surface area (Å²) in [7, 11) is 0. The zero-order valence-corrected chi connectivity index (χ0v) is 15.8. The molecule has 1 aliphatic carbocycles. The molecule has 3 rings (SSSR count). The van der Waals surface area contributed by atoms with E-state index < -0.39 is 17.6 Å². The van der Waals surface area contributed by atoms with E-state index in [-0.39, 0.29) is 16.5 Å². The zero-order chi connectivity index (χ0) is 19.4. The number of carbonyl (C=O) groups is 1. The molecule has 1 aliphatic rings. The number of rotatable bonds is 6. The summed E-state index contributed by atoms with van der Waals surface area (Å²) in [5, 5.41) is 9.55. The second-order valence-corrected chi connectivity index (χ2v) is 7.82. The third kappa shape index (κ3) is 5.62. The van der Waals surface area contributed by atoms with Gasteiger partial charge in [-0.2, -0.15) is 13.2 Å². The highest BCUT2D eigenvalue weighted by molar-refractivity contribution is 7.99. The van der Waals surface area contributed by atoms with E-state index in [0.29, 0.717) is 11.1 Å². The number of nitrogens with one attached hydrogen (secondary N) is 2. The Bertz CT molecular complexity index is 806. The molecule has 1 aromatic heterocycles. The lowest BCUT2D eigenvalue weighted by atomic mass is 10.0. The fourth-order valence-corrected chi connectivity index (χ4v) is 3.89. The summed E-state index contributed by atoms with van der Waals surface area (Å²) in [6.45, 7) is 0. The van der Waals surface area contributed by atoms with Crippen molar-refractivity contribution in [2.75, 3.05) is 11.1 Å². The van der Waals surface area contributed by atoms with Crippen LogP contribution in [-0.4, -0.2) is 26.8 Å². The average Bonchev–Trinajstić information content (AvgIpc) is 3.26. The molecule has 0 aliphatic heterocycles. The van der Waals surface area contributed by atoms with Gasteiger partial charge in [-0.3, -0.25) is 9.89 Å². The largest absolute Gasteiger partial charge is 0.418 e. The van der Waals surface area contributed by atoms with Crippen molar-refractivity contribution in [2.45, 2.75) is 43.4 Å². The quantitative estimate of drug-likeness (QED) is 0.652. The molecule has 1 saturated carbocycles. The Morgan fingerprint density at radius 1 is 1.33 bits per heavy atom. The van der Waals surface area contributed by atoms with Gasteiger partial charge in [0.05, 0.1) is 17.0 Å². The van der Waals surface area contributed by atoms with Crippen LogP contribution in [0.4, 0.5) is 18.9 Å². The molecule has 1 heterocycles. The number of anilines is 1. The number of aromatic nitrogens is 3. The minimum Gasteiger partial charge on any atom is -0.325 e. The summed E-state index contributed by atoms with van der Waals surface area (Å²) in [4.78, 5) is 16.4. The van der Waals surface area contributed by atoms with Gasteiger partial charge >= 0.3 is 6.18 Å². The van der Waals surface area contributed by atoms with E-state index in [4.69, 9.17) is 11.6 Å². The second kappa shape index (κ2) is 8.52. The maximum absolute atomic E-state index is 13.1. The van der Waals surface area contributed by atoms with Gasteiger partial charge in [-0.05, 0) is 24.1 Å². The van der Waals surface area contributed by atoms with Crippen molar-refractivity contribution in [1.29, 1.82) is 0 Å². The highest BCUT2D eigenvalue weighted by atomic mass is 35.5. The Morgan fingerprint density at radius 3 is 2.78 bits per heavy atom. The van der Waals surface area contributed by atoms with E-state index in [1.807, 2.05) is 0 Å². The van der Waals surface area contributed by atoms with Crippen LogP contribution in [0.15, 0.2) is 23.4 Å². The molecule has 0 spiro atoms. The number of benzene rings is 1. The number of halogens is 4. The van der Waals surface area contributed by atoms with Gasteiger partial charge in [-0.25, -0.2) is 4.98 Å². The number of carbonyl (C=O) groups excluding carboxylic acids is 1. The number of aromatic amines is 1. The number of thioether (sulfide) groups is 1. The fourth-order valence-electron chi connectivity index (χ4n) is 3.10. The van der Waals surface area contributed by atoms with Crippen LogP contribution in [0.1, 0.15) is 37.1 Å². The third-order valence-electron chi connectivity index (χ3n) is 4.36. The molecule has 0 bridgehead atoms. The first kappa shape index (κ1) is 20.0. The number of nitrogens with zero attached hydrogens (tertiary/aromatic N) is 2. The van der Waals surface area contributed by atoms with Gasteiger partial charge < -0.3 is 5.32 Å². The molecule has 2 aromatic rings. The Hall–Kier alpha value is -1.74. The highest BCUT2D eigenvalue weighted by Crippen LogP contribution is 2.36. The zero-order valence-electron chi connectivity index (χ0n) is 14.3. The molecule has 0 atom stereocenters. The predicted octanol–water partition coefficient (Wildman–Crippen LogP) is 4.94. The normalized spacial score (nSPS) is 15.3. The van der Waals surface area contributed by atoms with Gasteiger partial charge in [-0.1, -0.05) is 49.0 Å². The van der Waals surface area contributed by atoms with Crippen LogP contribution in [0, 0.1) is 5.92 Å². The molecule has 0 unspecified atom stereocenters. The Kier molecular flexibility index (Phi) is 6.31. The van der Waals surface area contributed by atoms with Crippen molar-refractivity contribution < 1.29 is 18.0 Å². The van der Waals surface area contributed by atoms with Gasteiger partial charge in [0, 0.05) is 11.4 Å². The van der Waals surface area contributed by atoms with Crippen LogP contribution in [0.5, 0.6) is 0 Å². The average molecular weight is 419 g/mol. The van der Waals surface area contributed by atoms with Crippen molar-refractivity contribution in [3.8, 4) is 0 Å². The van der Waals surface area contributed by atoms with Crippen LogP contribution in [-0.2, 0) is 17.4 Å². The fraction of sp³-hybridized carbons (Fsp3) is 0.471. The van der Waals surface area contributed by atoms with Crippen LogP contribution >= 0.6 is 23.4 Å². The van der Waals surface area contributed by atoms with Crippen molar-refractivity contribution in [2.24, 2.45) is 5.92 Å². The monoisotopic (exact) mass is 418 g/mol. The first-order valence-corrected chi connectivity index (χ1v) is 9.88. The van der Waals surface area contributed by atoms with Crippen molar-refractivity contribution in [3.63, 3.8) is 0 Å². The van der Waals surface area contributed by atoms with Crippen LogP contribution in [0.3, 0.4) is 0 Å². The number of hydrogen-bond donors (Lipinski definition) is 2. The second-order valence-electron chi connectivity index (χ2n) is 6.44. The van der Waals surface area contributed by atoms with E-state index in [1.54, 1.807) is 0 Å². The smallest absolute Gasteiger partial charge is 0.325 e. The third-order valence-corrected chi connectivity index (χ3v) is 5.44. The number of amides is 1. The lowest BCUT2D eigenvalue weighted by Gasteiger charge is -2.13. The highest BCUT2D eigenvalue weighted by Gasteiger charge is 2.34. The summed E-state index contributed by atoms with van der Waals surface area (Å²) in [6, 6.07) is 3.22. The van der Waals surface area contributed by atoms with Crippen LogP contribution in [0.25, 0.3) is 0 Å². The van der Waals surface area contributed by atoms with Crippen molar-refractivity contribution in [1.82, 2.24) is 15.2 Å². The van der Waals surface area contributed by atoms with E-state index in [0.717, 1.165) is 36.1 Å². The predicted molar refractivity (Wildman–Crippen MR) is 97.9 cm³/mol. The topological polar surface area (TPSA) is 70.7 Å². The molecule has 0 saturated heterocycles. The first-order valence-electron chi connectivity index (χ1n) is 8.52. The lowest BCUT2D eigenvalue weighted by Crippen LogP contribution is -2.18. The SMILES string of the molecule is O=C(CSc1n[nH]c(CC2CCCC2)n1)Nc1ccc(Cl)cc1C(F)(F)F. The Morgan fingerprint density at radius 2 is 2.07 bits per heavy atom. The number of alkyl halides is 3. The number of H-pyrrole nitrogens is 1. The number of hydrogen-bond acceptors (Lipinski definition) is 4. The molecule has 5 nitrogen and oxygen atoms in total. The molecule has 1 fully saturated rings. The first-order chi connectivity index (χ1) is 12.8. The van der Waals surface area contributed by atoms with E-state index in [2.05, 4.69) is 20.5 Å². The summed E-state index contributed by atoms with van der Waals surface area (Å²) in [5.41, 5.74) is -1.31. The standard InChI is InChI=1S/C17H18ClF3N4OS/c18-11-5-6-13(12(8-11)17(19,20)21)22-15(26)9-27-16-23-14(24-25-16)7-10-3-1-2-4-10/h5-6,8,10H,1-4,7,9H2,(H,22,26)(H,23,24,25). The summed E-state index contributed by atoms with van der Waals surface area (Å²) in [6.07, 6.45) is 1.08. The van der Waals surface area contributed by atoms with Crippen molar-refractivity contribution >= 4 is 35.0 Å². The van der Waals surface area contributed by atoms with Gasteiger partial charge in [0.1, 0.15) is 5.82 Å². The molecular formula is C17H18ClF3N4OS. The molecule has 1 amide bonds. The van der Waals surface area contributed by atoms with E-state index in [1.165, 1.54) is 31.7 Å². The van der Waals surface area contributed by atoms with Gasteiger partial charge in [0.15, 0.2) is 0 Å². The summed E-state index contributed by atoms with van der Waals surface area (Å²) < 4.78 is 39.2. The molecule has 1 aromatic carbocycles. The van der Waals surface area contributed by atoms with Crippen LogP contribution in [0.2, 0.25) is 5.02 Å². The summed E-state index contributed by atoms with van der Waals surface area (Å²) >= 11 is 6.70. The van der Waals surface area contributed by atoms with E-state index in [9.17, 15) is 18.0 Å². The molecule has 0 radical (unpaired) electrons. The maximum atomic E-state index is 13.1. The van der Waals surface area contributed by atoms with Crippen LogP contribution < -0.4 is 5.32 Å². The summed E-state index contributed by atoms with van der Waals surface area (Å²) in [5.74, 6) is 0.724. The van der Waals surface area contributed by atoms with Gasteiger partial charge in [0.2, 0.25) is 11.1 Å². The minimum absolute atomic E-state index is 0.0507. The molecule has 146 valence electrons. The molecule has 10 heteroatoms. The van der Waals surface area contributed by atoms with Gasteiger partial charge in [-0.15, -0.1) is 5.10 Å². The minimum atomic E-state index is -4.61. The molecular weight excluding hydrogens is 401 g/mol. The molecule has 27 heavy (non-hydrogen) atoms. The maximum Gasteiger partial charge on any atom is 0.418 e. The van der Waals surface area contributed by atoms with Crippen molar-refractivity contribution in [3.05, 3.63) is 34.6 Å². The molecule has 2 N–H and O–H groups in total.